The highest BCUT2D eigenvalue weighted by molar-refractivity contribution is 5.85. The van der Waals surface area contributed by atoms with Crippen molar-refractivity contribution in [3.63, 3.8) is 0 Å². The van der Waals surface area contributed by atoms with E-state index in [1.807, 2.05) is 22.8 Å². The summed E-state index contributed by atoms with van der Waals surface area (Å²) in [5.74, 6) is -0.0252. The molecule has 2 aliphatic carbocycles. The minimum Gasteiger partial charge on any atom is -0.454 e. The molecule has 3 aromatic rings. The Balaban J connectivity index is 1.32. The third-order valence-corrected chi connectivity index (χ3v) is 8.34. The number of carbonyl (C=O) groups is 1. The van der Waals surface area contributed by atoms with Gasteiger partial charge >= 0.3 is 0 Å². The number of amides is 1. The maximum absolute atomic E-state index is 14.5. The average molecular weight is 540 g/mol. The molecule has 1 amide bonds. The Bertz CT molecular complexity index is 1330. The number of imidazole rings is 1. The van der Waals surface area contributed by atoms with Gasteiger partial charge in [-0.1, -0.05) is 44.6 Å². The van der Waals surface area contributed by atoms with Crippen molar-refractivity contribution in [3.05, 3.63) is 53.4 Å². The first-order valence-corrected chi connectivity index (χ1v) is 14.2. The maximum atomic E-state index is 14.5. The number of hydrogen-bond acceptors (Lipinski definition) is 5. The van der Waals surface area contributed by atoms with Gasteiger partial charge in [-0.3, -0.25) is 4.79 Å². The zero-order valence-corrected chi connectivity index (χ0v) is 22.1. The van der Waals surface area contributed by atoms with E-state index in [1.54, 1.807) is 0 Å². The summed E-state index contributed by atoms with van der Waals surface area (Å²) in [6.07, 6.45) is 10.4. The third kappa shape index (κ3) is 5.60. The van der Waals surface area contributed by atoms with Gasteiger partial charge in [0.2, 0.25) is 12.7 Å². The Morgan fingerprint density at radius 2 is 1.67 bits per heavy atom. The molecule has 1 unspecified atom stereocenters. The highest BCUT2D eigenvalue weighted by Crippen LogP contribution is 2.37. The van der Waals surface area contributed by atoms with Crippen molar-refractivity contribution in [2.24, 2.45) is 5.92 Å². The molecular formula is C30H35F2N3O4. The van der Waals surface area contributed by atoms with Crippen molar-refractivity contribution >= 4 is 16.9 Å². The van der Waals surface area contributed by atoms with E-state index < -0.39 is 17.7 Å². The zero-order chi connectivity index (χ0) is 26.8. The number of fused-ring (bicyclic) bond motifs is 2. The molecule has 1 N–H and O–H groups in total. The minimum absolute atomic E-state index is 0.0603. The van der Waals surface area contributed by atoms with Gasteiger partial charge in [-0.15, -0.1) is 0 Å². The fourth-order valence-electron chi connectivity index (χ4n) is 6.37. The van der Waals surface area contributed by atoms with E-state index >= 15 is 0 Å². The summed E-state index contributed by atoms with van der Waals surface area (Å²) >= 11 is 0. The van der Waals surface area contributed by atoms with Crippen LogP contribution >= 0.6 is 0 Å². The summed E-state index contributed by atoms with van der Waals surface area (Å²) in [6.45, 7) is 0.569. The van der Waals surface area contributed by atoms with Crippen molar-refractivity contribution in [2.75, 3.05) is 6.79 Å². The molecule has 0 bridgehead atoms. The predicted molar refractivity (Wildman–Crippen MR) is 141 cm³/mol. The SMILES string of the molecule is O=C(NC1CCCCC1)C(C1CCCCC1)n1c(COCc2ccc3c(c2)OCO3)nc2cc(F)c(F)cc21. The molecule has 208 valence electrons. The van der Waals surface area contributed by atoms with Crippen LogP contribution < -0.4 is 14.8 Å². The van der Waals surface area contributed by atoms with Crippen LogP contribution in [0.3, 0.4) is 0 Å². The van der Waals surface area contributed by atoms with Crippen LogP contribution in [-0.4, -0.2) is 28.3 Å². The molecule has 3 aliphatic rings. The average Bonchev–Trinajstić information content (AvgIpc) is 3.55. The topological polar surface area (TPSA) is 74.6 Å². The standard InChI is InChI=1S/C30H35F2N3O4/c31-22-14-24-25(15-23(22)32)35(28(34-24)17-37-16-19-11-12-26-27(13-19)39-18-38-26)29(20-7-3-1-4-8-20)30(36)33-21-9-5-2-6-10-21/h11-15,20-21,29H,1-10,16-18H2,(H,33,36). The molecule has 0 spiro atoms. The van der Waals surface area contributed by atoms with Crippen LogP contribution in [0.15, 0.2) is 30.3 Å². The fraction of sp³-hybridized carbons (Fsp3) is 0.533. The number of halogens is 2. The number of hydrogen-bond donors (Lipinski definition) is 1. The largest absolute Gasteiger partial charge is 0.454 e. The Kier molecular flexibility index (Phi) is 7.68. The second-order valence-electron chi connectivity index (χ2n) is 11.0. The van der Waals surface area contributed by atoms with Gasteiger partial charge in [-0.2, -0.15) is 0 Å². The van der Waals surface area contributed by atoms with Crippen molar-refractivity contribution in [2.45, 2.75) is 89.5 Å². The number of nitrogens with zero attached hydrogens (tertiary/aromatic N) is 2. The molecule has 1 atom stereocenters. The van der Waals surface area contributed by atoms with Crippen LogP contribution in [0.2, 0.25) is 0 Å². The molecule has 9 heteroatoms. The van der Waals surface area contributed by atoms with E-state index in [4.69, 9.17) is 14.2 Å². The number of rotatable bonds is 8. The summed E-state index contributed by atoms with van der Waals surface area (Å²) in [6, 6.07) is 7.49. The lowest BCUT2D eigenvalue weighted by atomic mass is 9.83. The Hall–Kier alpha value is -3.20. The van der Waals surface area contributed by atoms with Crippen molar-refractivity contribution < 1.29 is 27.8 Å². The van der Waals surface area contributed by atoms with Crippen LogP contribution in [0.5, 0.6) is 11.5 Å². The van der Waals surface area contributed by atoms with Gasteiger partial charge in [0, 0.05) is 18.2 Å². The molecule has 2 heterocycles. The highest BCUT2D eigenvalue weighted by Gasteiger charge is 2.35. The van der Waals surface area contributed by atoms with E-state index in [0.29, 0.717) is 28.4 Å². The first kappa shape index (κ1) is 26.0. The number of nitrogens with one attached hydrogen (secondary N) is 1. The monoisotopic (exact) mass is 539 g/mol. The Labute approximate surface area is 226 Å². The van der Waals surface area contributed by atoms with Crippen LogP contribution in [0.4, 0.5) is 8.78 Å². The molecule has 6 rings (SSSR count). The van der Waals surface area contributed by atoms with Gasteiger partial charge in [0.15, 0.2) is 23.1 Å². The van der Waals surface area contributed by atoms with E-state index in [-0.39, 0.29) is 37.9 Å². The van der Waals surface area contributed by atoms with E-state index in [1.165, 1.54) is 12.5 Å². The van der Waals surface area contributed by atoms with E-state index in [9.17, 15) is 13.6 Å². The van der Waals surface area contributed by atoms with Gasteiger partial charge in [-0.05, 0) is 49.3 Å². The van der Waals surface area contributed by atoms with Crippen LogP contribution in [0.25, 0.3) is 11.0 Å². The van der Waals surface area contributed by atoms with E-state index in [0.717, 1.165) is 69.4 Å². The molecule has 1 aliphatic heterocycles. The molecule has 0 saturated heterocycles. The molecule has 0 radical (unpaired) electrons. The van der Waals surface area contributed by atoms with Crippen molar-refractivity contribution in [1.82, 2.24) is 14.9 Å². The molecule has 2 fully saturated rings. The molecule has 39 heavy (non-hydrogen) atoms. The highest BCUT2D eigenvalue weighted by atomic mass is 19.2. The number of benzene rings is 2. The summed E-state index contributed by atoms with van der Waals surface area (Å²) in [7, 11) is 0. The van der Waals surface area contributed by atoms with Crippen molar-refractivity contribution in [1.29, 1.82) is 0 Å². The van der Waals surface area contributed by atoms with Gasteiger partial charge in [0.05, 0.1) is 17.6 Å². The van der Waals surface area contributed by atoms with Crippen LogP contribution in [0.1, 0.15) is 81.6 Å². The lowest BCUT2D eigenvalue weighted by molar-refractivity contribution is -0.127. The van der Waals surface area contributed by atoms with Crippen LogP contribution in [-0.2, 0) is 22.7 Å². The number of carbonyl (C=O) groups excluding carboxylic acids is 1. The van der Waals surface area contributed by atoms with Gasteiger partial charge in [-0.25, -0.2) is 13.8 Å². The normalized spacial score (nSPS) is 18.9. The smallest absolute Gasteiger partial charge is 0.243 e. The maximum Gasteiger partial charge on any atom is 0.243 e. The first-order valence-electron chi connectivity index (χ1n) is 14.2. The predicted octanol–water partition coefficient (Wildman–Crippen LogP) is 6.33. The summed E-state index contributed by atoms with van der Waals surface area (Å²) in [5.41, 5.74) is 1.64. The van der Waals surface area contributed by atoms with Crippen LogP contribution in [0, 0.1) is 17.6 Å². The second kappa shape index (κ2) is 11.5. The van der Waals surface area contributed by atoms with E-state index in [2.05, 4.69) is 10.3 Å². The number of aromatic nitrogens is 2. The summed E-state index contributed by atoms with van der Waals surface area (Å²) in [5, 5.41) is 3.31. The summed E-state index contributed by atoms with van der Waals surface area (Å²) < 4.78 is 47.5. The lowest BCUT2D eigenvalue weighted by Crippen LogP contribution is -2.43. The third-order valence-electron chi connectivity index (χ3n) is 8.34. The summed E-state index contributed by atoms with van der Waals surface area (Å²) in [4.78, 5) is 18.6. The molecule has 2 aromatic carbocycles. The second-order valence-corrected chi connectivity index (χ2v) is 11.0. The molecule has 7 nitrogen and oxygen atoms in total. The van der Waals surface area contributed by atoms with Gasteiger partial charge in [0.25, 0.3) is 0 Å². The van der Waals surface area contributed by atoms with Gasteiger partial charge in [0.1, 0.15) is 18.5 Å². The molecule has 1 aromatic heterocycles. The lowest BCUT2D eigenvalue weighted by Gasteiger charge is -2.33. The number of ether oxygens (including phenoxy) is 3. The molecular weight excluding hydrogens is 504 g/mol. The first-order chi connectivity index (χ1) is 19.1. The van der Waals surface area contributed by atoms with Gasteiger partial charge < -0.3 is 24.1 Å². The van der Waals surface area contributed by atoms with Crippen molar-refractivity contribution in [3.8, 4) is 11.5 Å². The Morgan fingerprint density at radius 1 is 0.949 bits per heavy atom. The zero-order valence-electron chi connectivity index (χ0n) is 22.1. The Morgan fingerprint density at radius 3 is 2.46 bits per heavy atom. The quantitative estimate of drug-likeness (QED) is 0.362. The molecule has 2 saturated carbocycles. The fourth-order valence-corrected chi connectivity index (χ4v) is 6.37. The minimum atomic E-state index is -0.958.